The third-order valence-electron chi connectivity index (χ3n) is 2.91. The van der Waals surface area contributed by atoms with E-state index in [9.17, 15) is 9.59 Å². The standard InChI is InChI=1S/C12H23N3O4/c1-9(7-14(2)3)13-12(18)15-4-5-19-8-10(15)6-11(16)17/h9-10H,4-8H2,1-3H3,(H,13,18)(H,16,17). The molecule has 0 saturated carbocycles. The SMILES string of the molecule is CC(CN(C)C)NC(=O)N1CCOCC1CC(=O)O. The number of carbonyl (C=O) groups is 2. The summed E-state index contributed by atoms with van der Waals surface area (Å²) in [5.74, 6) is -0.922. The van der Waals surface area contributed by atoms with Crippen molar-refractivity contribution < 1.29 is 19.4 Å². The Morgan fingerprint density at radius 3 is 2.79 bits per heavy atom. The summed E-state index contributed by atoms with van der Waals surface area (Å²) in [5.41, 5.74) is 0. The van der Waals surface area contributed by atoms with Crippen molar-refractivity contribution in [2.75, 3.05) is 40.4 Å². The second-order valence-corrected chi connectivity index (χ2v) is 5.13. The van der Waals surface area contributed by atoms with E-state index in [0.717, 1.165) is 6.54 Å². The molecule has 7 nitrogen and oxygen atoms in total. The lowest BCUT2D eigenvalue weighted by Crippen LogP contribution is -2.55. The average molecular weight is 273 g/mol. The lowest BCUT2D eigenvalue weighted by Gasteiger charge is -2.35. The van der Waals surface area contributed by atoms with Crippen molar-refractivity contribution in [2.24, 2.45) is 0 Å². The average Bonchev–Trinajstić information content (AvgIpc) is 2.27. The Bertz CT molecular complexity index is 322. The predicted molar refractivity (Wildman–Crippen MR) is 70.1 cm³/mol. The summed E-state index contributed by atoms with van der Waals surface area (Å²) in [6.07, 6.45) is -0.0878. The van der Waals surface area contributed by atoms with Gasteiger partial charge in [0.15, 0.2) is 0 Å². The van der Waals surface area contributed by atoms with Gasteiger partial charge in [0.05, 0.1) is 25.7 Å². The van der Waals surface area contributed by atoms with Crippen LogP contribution in [0.25, 0.3) is 0 Å². The smallest absolute Gasteiger partial charge is 0.318 e. The molecule has 2 amide bonds. The molecule has 1 aliphatic rings. The number of aliphatic carboxylic acids is 1. The minimum absolute atomic E-state index is 0.0100. The van der Waals surface area contributed by atoms with Crippen LogP contribution in [0, 0.1) is 0 Å². The summed E-state index contributed by atoms with van der Waals surface area (Å²) in [6.45, 7) is 3.82. The van der Waals surface area contributed by atoms with Gasteiger partial charge < -0.3 is 25.0 Å². The molecule has 110 valence electrons. The number of nitrogens with zero attached hydrogens (tertiary/aromatic N) is 2. The number of ether oxygens (including phenoxy) is 1. The molecule has 7 heteroatoms. The molecule has 0 radical (unpaired) electrons. The number of hydrogen-bond donors (Lipinski definition) is 2. The third-order valence-corrected chi connectivity index (χ3v) is 2.91. The first kappa shape index (κ1) is 15.7. The molecular formula is C12H23N3O4. The summed E-state index contributed by atoms with van der Waals surface area (Å²) in [7, 11) is 3.87. The fourth-order valence-corrected chi connectivity index (χ4v) is 2.18. The minimum Gasteiger partial charge on any atom is -0.481 e. The maximum absolute atomic E-state index is 12.1. The molecule has 1 saturated heterocycles. The summed E-state index contributed by atoms with van der Waals surface area (Å²) in [5, 5.41) is 11.7. The second-order valence-electron chi connectivity index (χ2n) is 5.13. The number of likely N-dealkylation sites (N-methyl/N-ethyl adjacent to an activating group) is 1. The Morgan fingerprint density at radius 2 is 2.21 bits per heavy atom. The molecule has 0 aromatic heterocycles. The van der Waals surface area contributed by atoms with Gasteiger partial charge in [-0.25, -0.2) is 4.79 Å². The lowest BCUT2D eigenvalue weighted by atomic mass is 10.1. The van der Waals surface area contributed by atoms with E-state index in [2.05, 4.69) is 5.32 Å². The maximum atomic E-state index is 12.1. The molecule has 1 fully saturated rings. The van der Waals surface area contributed by atoms with Crippen LogP contribution < -0.4 is 5.32 Å². The van der Waals surface area contributed by atoms with Crippen LogP contribution in [0.15, 0.2) is 0 Å². The topological polar surface area (TPSA) is 82.1 Å². The van der Waals surface area contributed by atoms with Crippen LogP contribution in [-0.4, -0.2) is 79.4 Å². The Balaban J connectivity index is 2.54. The molecular weight excluding hydrogens is 250 g/mol. The largest absolute Gasteiger partial charge is 0.481 e. The van der Waals surface area contributed by atoms with Crippen molar-refractivity contribution in [3.63, 3.8) is 0 Å². The van der Waals surface area contributed by atoms with Crippen molar-refractivity contribution in [1.29, 1.82) is 0 Å². The molecule has 1 aliphatic heterocycles. The number of carbonyl (C=O) groups excluding carboxylic acids is 1. The Labute approximate surface area is 113 Å². The first-order chi connectivity index (χ1) is 8.90. The summed E-state index contributed by atoms with van der Waals surface area (Å²) in [4.78, 5) is 26.5. The zero-order valence-corrected chi connectivity index (χ0v) is 11.8. The van der Waals surface area contributed by atoms with E-state index in [-0.39, 0.29) is 25.1 Å². The van der Waals surface area contributed by atoms with Crippen LogP contribution in [0.5, 0.6) is 0 Å². The highest BCUT2D eigenvalue weighted by Crippen LogP contribution is 2.11. The second kappa shape index (κ2) is 7.30. The van der Waals surface area contributed by atoms with E-state index in [4.69, 9.17) is 9.84 Å². The Hall–Kier alpha value is -1.34. The van der Waals surface area contributed by atoms with Crippen LogP contribution in [0.2, 0.25) is 0 Å². The molecule has 0 aliphatic carbocycles. The molecule has 2 atom stereocenters. The van der Waals surface area contributed by atoms with Crippen LogP contribution in [0.3, 0.4) is 0 Å². The van der Waals surface area contributed by atoms with Gasteiger partial charge in [-0.15, -0.1) is 0 Å². The van der Waals surface area contributed by atoms with Gasteiger partial charge in [0, 0.05) is 19.1 Å². The zero-order chi connectivity index (χ0) is 14.4. The van der Waals surface area contributed by atoms with E-state index in [1.54, 1.807) is 4.90 Å². The number of rotatable bonds is 5. The molecule has 2 N–H and O–H groups in total. The maximum Gasteiger partial charge on any atom is 0.318 e. The van der Waals surface area contributed by atoms with Gasteiger partial charge in [0.2, 0.25) is 0 Å². The summed E-state index contributed by atoms with van der Waals surface area (Å²) >= 11 is 0. The normalized spacial score (nSPS) is 21.3. The third kappa shape index (κ3) is 5.44. The molecule has 2 unspecified atom stereocenters. The quantitative estimate of drug-likeness (QED) is 0.726. The predicted octanol–water partition coefficient (Wildman–Crippen LogP) is -0.178. The van der Waals surface area contributed by atoms with E-state index in [1.807, 2.05) is 25.9 Å². The highest BCUT2D eigenvalue weighted by atomic mass is 16.5. The van der Waals surface area contributed by atoms with Crippen LogP contribution in [0.4, 0.5) is 4.79 Å². The summed E-state index contributed by atoms with van der Waals surface area (Å²) < 4.78 is 5.24. The molecule has 19 heavy (non-hydrogen) atoms. The highest BCUT2D eigenvalue weighted by molar-refractivity contribution is 5.76. The van der Waals surface area contributed by atoms with E-state index < -0.39 is 12.0 Å². The molecule has 1 heterocycles. The van der Waals surface area contributed by atoms with Gasteiger partial charge in [-0.05, 0) is 21.0 Å². The zero-order valence-electron chi connectivity index (χ0n) is 11.8. The van der Waals surface area contributed by atoms with Gasteiger partial charge in [-0.1, -0.05) is 0 Å². The van der Waals surface area contributed by atoms with E-state index in [0.29, 0.717) is 13.2 Å². The van der Waals surface area contributed by atoms with Crippen molar-refractivity contribution in [2.45, 2.75) is 25.4 Å². The van der Waals surface area contributed by atoms with Crippen molar-refractivity contribution in [3.05, 3.63) is 0 Å². The number of carboxylic acids is 1. The minimum atomic E-state index is -0.922. The van der Waals surface area contributed by atoms with Gasteiger partial charge in [-0.2, -0.15) is 0 Å². The van der Waals surface area contributed by atoms with Gasteiger partial charge in [-0.3, -0.25) is 4.79 Å². The van der Waals surface area contributed by atoms with Crippen molar-refractivity contribution in [3.8, 4) is 0 Å². The van der Waals surface area contributed by atoms with Gasteiger partial charge in [0.25, 0.3) is 0 Å². The summed E-state index contributed by atoms with van der Waals surface area (Å²) in [6, 6.07) is -0.600. The van der Waals surface area contributed by atoms with Crippen molar-refractivity contribution >= 4 is 12.0 Å². The molecule has 1 rings (SSSR count). The number of carboxylic acid groups (broad SMARTS) is 1. The molecule has 0 spiro atoms. The highest BCUT2D eigenvalue weighted by Gasteiger charge is 2.29. The van der Waals surface area contributed by atoms with Gasteiger partial charge in [0.1, 0.15) is 0 Å². The Morgan fingerprint density at radius 1 is 1.53 bits per heavy atom. The molecule has 0 aromatic rings. The van der Waals surface area contributed by atoms with E-state index in [1.165, 1.54) is 0 Å². The first-order valence-corrected chi connectivity index (χ1v) is 6.41. The van der Waals surface area contributed by atoms with Gasteiger partial charge >= 0.3 is 12.0 Å². The number of urea groups is 1. The van der Waals surface area contributed by atoms with Crippen molar-refractivity contribution in [1.82, 2.24) is 15.1 Å². The molecule has 0 bridgehead atoms. The number of hydrogen-bond acceptors (Lipinski definition) is 4. The van der Waals surface area contributed by atoms with Crippen LogP contribution in [0.1, 0.15) is 13.3 Å². The van der Waals surface area contributed by atoms with Crippen LogP contribution in [-0.2, 0) is 9.53 Å². The van der Waals surface area contributed by atoms with E-state index >= 15 is 0 Å². The number of amides is 2. The lowest BCUT2D eigenvalue weighted by molar-refractivity contribution is -0.139. The fraction of sp³-hybridized carbons (Fsp3) is 0.833. The molecule has 0 aromatic carbocycles. The first-order valence-electron chi connectivity index (χ1n) is 6.41. The Kier molecular flexibility index (Phi) is 6.04. The fourth-order valence-electron chi connectivity index (χ4n) is 2.18. The monoisotopic (exact) mass is 273 g/mol. The number of nitrogens with one attached hydrogen (secondary N) is 1. The van der Waals surface area contributed by atoms with Crippen LogP contribution >= 0.6 is 0 Å². The number of morpholine rings is 1.